The molecule has 14 heavy (non-hydrogen) atoms. The summed E-state index contributed by atoms with van der Waals surface area (Å²) in [5, 5.41) is 0. The third-order valence-electron chi connectivity index (χ3n) is 1.52. The first-order valence-electron chi connectivity index (χ1n) is 4.17. The molecule has 74 valence electrons. The molecular weight excluding hydrogens is 186 g/mol. The Labute approximate surface area is 81.7 Å². The van der Waals surface area contributed by atoms with Gasteiger partial charge in [-0.3, -0.25) is 0 Å². The second-order valence-corrected chi connectivity index (χ2v) is 3.08. The molecule has 0 radical (unpaired) electrons. The van der Waals surface area contributed by atoms with E-state index in [-0.39, 0.29) is 17.4 Å². The fraction of sp³-hybridized carbons (Fsp3) is 0.273. The van der Waals surface area contributed by atoms with Crippen LogP contribution >= 0.6 is 0 Å². The molecule has 1 aromatic rings. The highest BCUT2D eigenvalue weighted by molar-refractivity contribution is 5.39. The molecule has 0 heterocycles. The van der Waals surface area contributed by atoms with Gasteiger partial charge in [0.2, 0.25) is 0 Å². The smallest absolute Gasteiger partial charge is 0.191 e. The molecule has 3 heteroatoms. The van der Waals surface area contributed by atoms with Crippen molar-refractivity contribution in [1.82, 2.24) is 0 Å². The molecule has 0 unspecified atom stereocenters. The summed E-state index contributed by atoms with van der Waals surface area (Å²) in [4.78, 5) is 0. The first kappa shape index (κ1) is 10.5. The van der Waals surface area contributed by atoms with Crippen LogP contribution in [-0.4, -0.2) is 6.10 Å². The lowest BCUT2D eigenvalue weighted by atomic mass is 10.2. The lowest BCUT2D eigenvalue weighted by Crippen LogP contribution is -2.08. The van der Waals surface area contributed by atoms with Crippen molar-refractivity contribution in [2.24, 2.45) is 0 Å². The Balaban J connectivity index is 3.13. The van der Waals surface area contributed by atoms with Crippen LogP contribution in [0, 0.1) is 24.0 Å². The predicted molar refractivity (Wildman–Crippen MR) is 50.1 cm³/mol. The summed E-state index contributed by atoms with van der Waals surface area (Å²) in [6.45, 7) is 3.38. The first-order valence-corrected chi connectivity index (χ1v) is 4.17. The van der Waals surface area contributed by atoms with E-state index in [0.29, 0.717) is 0 Å². The highest BCUT2D eigenvalue weighted by Gasteiger charge is 2.13. The Bertz CT molecular complexity index is 354. The van der Waals surface area contributed by atoms with Gasteiger partial charge >= 0.3 is 0 Å². The van der Waals surface area contributed by atoms with Crippen molar-refractivity contribution in [3.05, 3.63) is 29.3 Å². The lowest BCUT2D eigenvalue weighted by molar-refractivity contribution is 0.219. The van der Waals surface area contributed by atoms with Crippen LogP contribution in [0.15, 0.2) is 12.1 Å². The molecule has 0 aliphatic heterocycles. The average molecular weight is 196 g/mol. The summed E-state index contributed by atoms with van der Waals surface area (Å²) in [5.74, 6) is 0.234. The Kier molecular flexibility index (Phi) is 3.08. The number of hydrogen-bond acceptors (Lipinski definition) is 1. The van der Waals surface area contributed by atoms with Gasteiger partial charge < -0.3 is 4.74 Å². The molecule has 0 aromatic heterocycles. The summed E-state index contributed by atoms with van der Waals surface area (Å²) in [7, 11) is 0. The maximum atomic E-state index is 13.2. The summed E-state index contributed by atoms with van der Waals surface area (Å²) < 4.78 is 31.4. The minimum absolute atomic E-state index is 0.163. The Morgan fingerprint density at radius 2 is 1.79 bits per heavy atom. The average Bonchev–Trinajstić information content (AvgIpc) is 2.10. The van der Waals surface area contributed by atoms with Gasteiger partial charge in [0.25, 0.3) is 0 Å². The molecule has 1 rings (SSSR count). The molecule has 0 amide bonds. The molecule has 0 atom stereocenters. The number of halogens is 2. The van der Waals surface area contributed by atoms with Crippen LogP contribution in [-0.2, 0) is 0 Å². The number of ether oxygens (including phenoxy) is 1. The number of hydrogen-bond donors (Lipinski definition) is 0. The maximum absolute atomic E-state index is 13.2. The van der Waals surface area contributed by atoms with E-state index in [1.165, 1.54) is 0 Å². The summed E-state index contributed by atoms with van der Waals surface area (Å²) in [5.41, 5.74) is 0.163. The zero-order chi connectivity index (χ0) is 10.7. The van der Waals surface area contributed by atoms with E-state index in [2.05, 4.69) is 5.92 Å². The van der Waals surface area contributed by atoms with Crippen molar-refractivity contribution < 1.29 is 13.5 Å². The first-order chi connectivity index (χ1) is 6.54. The fourth-order valence-corrected chi connectivity index (χ4v) is 0.992. The van der Waals surface area contributed by atoms with Crippen molar-refractivity contribution in [2.75, 3.05) is 0 Å². The van der Waals surface area contributed by atoms with Crippen LogP contribution in [0.5, 0.6) is 5.75 Å². The highest BCUT2D eigenvalue weighted by Crippen LogP contribution is 2.23. The molecule has 0 fully saturated rings. The van der Waals surface area contributed by atoms with Crippen molar-refractivity contribution in [2.45, 2.75) is 20.0 Å². The predicted octanol–water partition coefficient (Wildman–Crippen LogP) is 2.73. The molecule has 0 saturated heterocycles. The van der Waals surface area contributed by atoms with E-state index in [9.17, 15) is 8.78 Å². The molecule has 0 spiro atoms. The van der Waals surface area contributed by atoms with Crippen LogP contribution in [0.4, 0.5) is 8.78 Å². The van der Waals surface area contributed by atoms with Crippen LogP contribution in [0.3, 0.4) is 0 Å². The van der Waals surface area contributed by atoms with Crippen molar-refractivity contribution >= 4 is 0 Å². The second-order valence-electron chi connectivity index (χ2n) is 3.08. The third kappa shape index (κ3) is 2.23. The van der Waals surface area contributed by atoms with Gasteiger partial charge in [-0.1, -0.05) is 5.92 Å². The van der Waals surface area contributed by atoms with Crippen molar-refractivity contribution in [3.8, 4) is 18.1 Å². The van der Waals surface area contributed by atoms with Crippen molar-refractivity contribution in [1.29, 1.82) is 0 Å². The maximum Gasteiger partial charge on any atom is 0.191 e. The molecular formula is C11H10F2O. The van der Waals surface area contributed by atoms with Crippen LogP contribution in [0.1, 0.15) is 19.4 Å². The lowest BCUT2D eigenvalue weighted by Gasteiger charge is -2.11. The molecule has 0 aliphatic carbocycles. The van der Waals surface area contributed by atoms with E-state index in [0.717, 1.165) is 12.1 Å². The topological polar surface area (TPSA) is 9.23 Å². The zero-order valence-electron chi connectivity index (χ0n) is 7.97. The Morgan fingerprint density at radius 3 is 2.14 bits per heavy atom. The second kappa shape index (κ2) is 4.10. The van der Waals surface area contributed by atoms with Crippen LogP contribution in [0.2, 0.25) is 0 Å². The van der Waals surface area contributed by atoms with Gasteiger partial charge in [-0.2, -0.15) is 0 Å². The SMILES string of the molecule is C#Cc1cc(F)c(OC(C)C)c(F)c1. The molecule has 0 bridgehead atoms. The van der Waals surface area contributed by atoms with Crippen LogP contribution < -0.4 is 4.74 Å². The third-order valence-corrected chi connectivity index (χ3v) is 1.52. The van der Waals surface area contributed by atoms with Gasteiger partial charge in [0.1, 0.15) is 0 Å². The number of benzene rings is 1. The van der Waals surface area contributed by atoms with E-state index in [4.69, 9.17) is 11.2 Å². The molecule has 0 N–H and O–H groups in total. The monoisotopic (exact) mass is 196 g/mol. The Hall–Kier alpha value is -1.56. The standard InChI is InChI=1S/C11H10F2O/c1-4-8-5-9(12)11(10(13)6-8)14-7(2)3/h1,5-7H,2-3H3. The van der Waals surface area contributed by atoms with Gasteiger partial charge in [-0.25, -0.2) is 8.78 Å². The summed E-state index contributed by atoms with van der Waals surface area (Å²) in [6.07, 6.45) is 4.73. The highest BCUT2D eigenvalue weighted by atomic mass is 19.1. The Morgan fingerprint density at radius 1 is 1.29 bits per heavy atom. The summed E-state index contributed by atoms with van der Waals surface area (Å²) in [6, 6.07) is 2.14. The van der Waals surface area contributed by atoms with Gasteiger partial charge in [-0.15, -0.1) is 6.42 Å². The number of rotatable bonds is 2. The van der Waals surface area contributed by atoms with Gasteiger partial charge in [-0.05, 0) is 26.0 Å². The van der Waals surface area contributed by atoms with Crippen LogP contribution in [0.25, 0.3) is 0 Å². The van der Waals surface area contributed by atoms with E-state index >= 15 is 0 Å². The normalized spacial score (nSPS) is 10.0. The molecule has 1 nitrogen and oxygen atoms in total. The molecule has 1 aromatic carbocycles. The van der Waals surface area contributed by atoms with E-state index in [1.54, 1.807) is 13.8 Å². The minimum Gasteiger partial charge on any atom is -0.485 e. The minimum atomic E-state index is -0.772. The molecule has 0 saturated carbocycles. The summed E-state index contributed by atoms with van der Waals surface area (Å²) >= 11 is 0. The van der Waals surface area contributed by atoms with Gasteiger partial charge in [0, 0.05) is 5.56 Å². The fourth-order valence-electron chi connectivity index (χ4n) is 0.992. The van der Waals surface area contributed by atoms with Crippen molar-refractivity contribution in [3.63, 3.8) is 0 Å². The van der Waals surface area contributed by atoms with Gasteiger partial charge in [0.15, 0.2) is 17.4 Å². The van der Waals surface area contributed by atoms with Gasteiger partial charge in [0.05, 0.1) is 6.10 Å². The van der Waals surface area contributed by atoms with E-state index < -0.39 is 11.6 Å². The quantitative estimate of drug-likeness (QED) is 0.661. The largest absolute Gasteiger partial charge is 0.485 e. The zero-order valence-corrected chi connectivity index (χ0v) is 7.97. The van der Waals surface area contributed by atoms with E-state index in [1.807, 2.05) is 0 Å². The molecule has 0 aliphatic rings. The number of terminal acetylenes is 1.